The van der Waals surface area contributed by atoms with Crippen molar-refractivity contribution < 1.29 is 23.1 Å². The Bertz CT molecular complexity index is 792. The third kappa shape index (κ3) is 2.89. The first-order valence-electron chi connectivity index (χ1n) is 8.80. The van der Waals surface area contributed by atoms with Gasteiger partial charge in [0.2, 0.25) is 0 Å². The van der Waals surface area contributed by atoms with Gasteiger partial charge in [-0.25, -0.2) is 0 Å². The topological polar surface area (TPSA) is 87.8 Å². The first-order valence-corrected chi connectivity index (χ1v) is 9.47. The molecule has 0 amide bonds. The Hall–Kier alpha value is -1.67. The van der Waals surface area contributed by atoms with Crippen LogP contribution in [0.25, 0.3) is 6.08 Å². The SMILES string of the molecule is CC12CC(=O)C3=Cc4ccc(OSOON)cc4CCC3C1CCC2=O. The van der Waals surface area contributed by atoms with Crippen LogP contribution in [0.2, 0.25) is 0 Å². The molecule has 0 heterocycles. The fraction of sp³-hybridized carbons (Fsp3) is 0.474. The number of allylic oxidation sites excluding steroid dienone is 1. The van der Waals surface area contributed by atoms with Crippen molar-refractivity contribution in [3.05, 3.63) is 34.9 Å². The second-order valence-corrected chi connectivity index (χ2v) is 7.95. The Kier molecular flexibility index (Phi) is 4.64. The van der Waals surface area contributed by atoms with E-state index in [-0.39, 0.29) is 23.4 Å². The molecule has 0 saturated heterocycles. The summed E-state index contributed by atoms with van der Waals surface area (Å²) in [6, 6.07) is 5.71. The lowest BCUT2D eigenvalue weighted by Crippen LogP contribution is -2.42. The van der Waals surface area contributed by atoms with E-state index in [0.717, 1.165) is 36.0 Å². The molecule has 2 N–H and O–H groups in total. The largest absolute Gasteiger partial charge is 0.399 e. The molecule has 3 aliphatic rings. The van der Waals surface area contributed by atoms with Gasteiger partial charge in [0.15, 0.2) is 5.78 Å². The number of nitrogens with two attached hydrogens (primary N) is 1. The lowest BCUT2D eigenvalue weighted by Gasteiger charge is -2.41. The molecular formula is C19H21NO5S. The number of ketones is 2. The Morgan fingerprint density at radius 2 is 2.08 bits per heavy atom. The van der Waals surface area contributed by atoms with Crippen molar-refractivity contribution >= 4 is 30.0 Å². The van der Waals surface area contributed by atoms with E-state index >= 15 is 0 Å². The maximum Gasteiger partial charge on any atom is 0.260 e. The minimum Gasteiger partial charge on any atom is -0.399 e. The van der Waals surface area contributed by atoms with Gasteiger partial charge in [0.1, 0.15) is 11.5 Å². The van der Waals surface area contributed by atoms with E-state index in [1.165, 1.54) is 0 Å². The second-order valence-electron chi connectivity index (χ2n) is 7.51. The molecule has 6 nitrogen and oxygen atoms in total. The third-order valence-electron chi connectivity index (χ3n) is 6.22. The summed E-state index contributed by atoms with van der Waals surface area (Å²) in [5.41, 5.74) is 2.58. The predicted octanol–water partition coefficient (Wildman–Crippen LogP) is 3.35. The predicted molar refractivity (Wildman–Crippen MR) is 96.3 cm³/mol. The number of carbonyl (C=O) groups is 2. The Morgan fingerprint density at radius 1 is 1.23 bits per heavy atom. The van der Waals surface area contributed by atoms with Gasteiger partial charge in [-0.2, -0.15) is 5.90 Å². The molecule has 7 heteroatoms. The van der Waals surface area contributed by atoms with Crippen LogP contribution in [0, 0.1) is 17.3 Å². The highest BCUT2D eigenvalue weighted by atomic mass is 32.2. The summed E-state index contributed by atoms with van der Waals surface area (Å²) in [4.78, 5) is 29.2. The molecule has 0 radical (unpaired) electrons. The fourth-order valence-electron chi connectivity index (χ4n) is 4.91. The van der Waals surface area contributed by atoms with E-state index in [2.05, 4.69) is 9.32 Å². The van der Waals surface area contributed by atoms with Crippen LogP contribution in [0.5, 0.6) is 5.75 Å². The summed E-state index contributed by atoms with van der Waals surface area (Å²) >= 11 is 0.641. The van der Waals surface area contributed by atoms with E-state index in [0.29, 0.717) is 30.9 Å². The summed E-state index contributed by atoms with van der Waals surface area (Å²) in [7, 11) is 0. The first kappa shape index (κ1) is 17.7. The number of Topliss-reactive ketones (excluding diaryl/α,β-unsaturated/α-hetero) is 2. The Labute approximate surface area is 156 Å². The molecule has 1 aromatic carbocycles. The molecule has 138 valence electrons. The van der Waals surface area contributed by atoms with E-state index in [4.69, 9.17) is 10.1 Å². The summed E-state index contributed by atoms with van der Waals surface area (Å²) in [6.45, 7) is 1.99. The van der Waals surface area contributed by atoms with E-state index in [1.54, 1.807) is 0 Å². The first-order chi connectivity index (χ1) is 12.5. The summed E-state index contributed by atoms with van der Waals surface area (Å²) in [5, 5.41) is 0. The normalized spacial score (nSPS) is 30.2. The van der Waals surface area contributed by atoms with Gasteiger partial charge in [0, 0.05) is 18.3 Å². The van der Waals surface area contributed by atoms with Crippen LogP contribution >= 0.6 is 12.3 Å². The van der Waals surface area contributed by atoms with Gasteiger partial charge in [0.05, 0.1) is 0 Å². The number of hydrogen-bond donors (Lipinski definition) is 1. The molecular weight excluding hydrogens is 354 g/mol. The Morgan fingerprint density at radius 3 is 2.88 bits per heavy atom. The fourth-order valence-corrected chi connectivity index (χ4v) is 5.16. The zero-order chi connectivity index (χ0) is 18.3. The van der Waals surface area contributed by atoms with Crippen molar-refractivity contribution in [2.24, 2.45) is 23.1 Å². The number of benzene rings is 1. The van der Waals surface area contributed by atoms with Gasteiger partial charge in [-0.3, -0.25) is 9.59 Å². The van der Waals surface area contributed by atoms with Gasteiger partial charge in [-0.05, 0) is 66.0 Å². The number of carbonyl (C=O) groups excluding carboxylic acids is 2. The quantitative estimate of drug-likeness (QED) is 0.374. The lowest BCUT2D eigenvalue weighted by molar-refractivity contribution is -0.199. The molecule has 0 aliphatic heterocycles. The average Bonchev–Trinajstić information content (AvgIpc) is 2.80. The smallest absolute Gasteiger partial charge is 0.260 e. The van der Waals surface area contributed by atoms with Crippen LogP contribution in [0.15, 0.2) is 23.8 Å². The van der Waals surface area contributed by atoms with E-state index in [1.807, 2.05) is 31.2 Å². The van der Waals surface area contributed by atoms with Crippen molar-refractivity contribution in [3.8, 4) is 5.75 Å². The third-order valence-corrected chi connectivity index (χ3v) is 6.61. The molecule has 3 aliphatic carbocycles. The maximum atomic E-state index is 12.8. The minimum absolute atomic E-state index is 0.126. The van der Waals surface area contributed by atoms with Crippen LogP contribution in [-0.4, -0.2) is 11.6 Å². The molecule has 0 spiro atoms. The molecule has 0 aromatic heterocycles. The molecule has 3 atom stereocenters. The molecule has 2 fully saturated rings. The minimum atomic E-state index is -0.472. The van der Waals surface area contributed by atoms with Gasteiger partial charge in [-0.1, -0.05) is 13.0 Å². The molecule has 4 rings (SSSR count). The van der Waals surface area contributed by atoms with Crippen LogP contribution in [-0.2, 0) is 25.3 Å². The van der Waals surface area contributed by atoms with Crippen molar-refractivity contribution in [2.45, 2.75) is 39.0 Å². The van der Waals surface area contributed by atoms with Crippen molar-refractivity contribution in [3.63, 3.8) is 0 Å². The highest BCUT2D eigenvalue weighted by Gasteiger charge is 2.54. The van der Waals surface area contributed by atoms with Crippen LogP contribution in [0.3, 0.4) is 0 Å². The molecule has 3 unspecified atom stereocenters. The number of aryl methyl sites for hydroxylation is 1. The van der Waals surface area contributed by atoms with E-state index < -0.39 is 5.41 Å². The Balaban J connectivity index is 1.63. The zero-order valence-electron chi connectivity index (χ0n) is 14.5. The summed E-state index contributed by atoms with van der Waals surface area (Å²) < 4.78 is 9.80. The lowest BCUT2D eigenvalue weighted by atomic mass is 9.61. The zero-order valence-corrected chi connectivity index (χ0v) is 15.3. The summed E-state index contributed by atoms with van der Waals surface area (Å²) in [6.07, 6.45) is 5.57. The van der Waals surface area contributed by atoms with Crippen LogP contribution < -0.4 is 10.1 Å². The van der Waals surface area contributed by atoms with Gasteiger partial charge in [-0.15, -0.1) is 9.32 Å². The van der Waals surface area contributed by atoms with Crippen molar-refractivity contribution in [2.75, 3.05) is 0 Å². The van der Waals surface area contributed by atoms with E-state index in [9.17, 15) is 9.59 Å². The molecule has 0 bridgehead atoms. The molecule has 1 aromatic rings. The standard InChI is InChI=1S/C19H21NO5S/c1-19-10-17(21)15-9-12-2-4-13(23-26-25-24-20)8-11(12)3-5-14(15)16(19)6-7-18(19)22/h2,4,8-9,14,16H,3,5-7,10,20H2,1H3. The van der Waals surface area contributed by atoms with Crippen molar-refractivity contribution in [1.82, 2.24) is 0 Å². The molecule has 26 heavy (non-hydrogen) atoms. The van der Waals surface area contributed by atoms with Gasteiger partial charge < -0.3 is 4.18 Å². The average molecular weight is 375 g/mol. The van der Waals surface area contributed by atoms with Crippen molar-refractivity contribution in [1.29, 1.82) is 0 Å². The van der Waals surface area contributed by atoms with Gasteiger partial charge >= 0.3 is 0 Å². The maximum absolute atomic E-state index is 12.8. The highest BCUT2D eigenvalue weighted by Crippen LogP contribution is 2.55. The monoisotopic (exact) mass is 375 g/mol. The summed E-state index contributed by atoms with van der Waals surface area (Å²) in [5.74, 6) is 6.22. The highest BCUT2D eigenvalue weighted by molar-refractivity contribution is 7.90. The second kappa shape index (κ2) is 6.81. The van der Waals surface area contributed by atoms with Crippen LogP contribution in [0.4, 0.5) is 0 Å². The van der Waals surface area contributed by atoms with Crippen LogP contribution in [0.1, 0.15) is 43.7 Å². The molecule has 2 saturated carbocycles. The number of fused-ring (bicyclic) bond motifs is 4. The van der Waals surface area contributed by atoms with Gasteiger partial charge in [0.25, 0.3) is 12.3 Å². The number of rotatable bonds is 4. The number of hydrogen-bond acceptors (Lipinski definition) is 7.